The molecule has 0 radical (unpaired) electrons. The topological polar surface area (TPSA) is 131 Å². The fourth-order valence-corrected chi connectivity index (χ4v) is 5.43. The normalized spacial score (nSPS) is 19.5. The molecule has 2 saturated heterocycles. The number of alkyl halides is 3. The molecule has 4 N–H and O–H groups in total. The van der Waals surface area contributed by atoms with Crippen molar-refractivity contribution in [2.45, 2.75) is 44.5 Å². The number of hydrogen-bond acceptors (Lipinski definition) is 8. The lowest BCUT2D eigenvalue weighted by molar-refractivity contribution is -0.198. The molecule has 40 heavy (non-hydrogen) atoms. The van der Waals surface area contributed by atoms with Gasteiger partial charge >= 0.3 is 12.1 Å². The van der Waals surface area contributed by atoms with Gasteiger partial charge in [-0.05, 0) is 55.4 Å². The fraction of sp³-hybridized carbons (Fsp3) is 0.407. The summed E-state index contributed by atoms with van der Waals surface area (Å²) in [6.07, 6.45) is -2.20. The van der Waals surface area contributed by atoms with Crippen molar-refractivity contribution in [1.29, 1.82) is 0 Å². The zero-order valence-corrected chi connectivity index (χ0v) is 21.9. The minimum absolute atomic E-state index is 0.143. The lowest BCUT2D eigenvalue weighted by Gasteiger charge is -2.39. The van der Waals surface area contributed by atoms with E-state index in [9.17, 15) is 23.1 Å². The number of aliphatic carboxylic acids is 1. The highest BCUT2D eigenvalue weighted by Crippen LogP contribution is 2.42. The minimum atomic E-state index is -4.80. The van der Waals surface area contributed by atoms with E-state index in [1.807, 2.05) is 4.90 Å². The predicted molar refractivity (Wildman–Crippen MR) is 142 cm³/mol. The summed E-state index contributed by atoms with van der Waals surface area (Å²) < 4.78 is 50.5. The van der Waals surface area contributed by atoms with E-state index in [1.54, 1.807) is 25.3 Å². The standard InChI is InChI=1S/C27H30F3N7O3/c1-3-17-4-5-20(37-9-6-16(2)35-37)18(12-17)23(27(28,29)30)40-22-13-21(33-25(31)34-22)36-10-7-26(8-11-36)14-19(24(38)39)32-15-26/h3-6,9,12-13,19,23,32H,1,7-8,10-11,14-15H2,2H3,(H,38,39)(H2,31,33,34). The van der Waals surface area contributed by atoms with Crippen molar-refractivity contribution in [2.24, 2.45) is 5.41 Å². The lowest BCUT2D eigenvalue weighted by atomic mass is 9.76. The van der Waals surface area contributed by atoms with Crippen LogP contribution >= 0.6 is 0 Å². The molecule has 1 aromatic carbocycles. The maximum atomic E-state index is 14.5. The van der Waals surface area contributed by atoms with E-state index < -0.39 is 24.3 Å². The van der Waals surface area contributed by atoms with Crippen LogP contribution < -0.4 is 20.7 Å². The monoisotopic (exact) mass is 557 g/mol. The van der Waals surface area contributed by atoms with E-state index in [0.717, 1.165) is 0 Å². The van der Waals surface area contributed by atoms with Gasteiger partial charge in [-0.3, -0.25) is 4.79 Å². The van der Waals surface area contributed by atoms with Crippen LogP contribution in [-0.4, -0.2) is 62.7 Å². The van der Waals surface area contributed by atoms with Crippen molar-refractivity contribution >= 4 is 23.8 Å². The molecule has 3 aromatic rings. The maximum Gasteiger partial charge on any atom is 0.429 e. The first kappa shape index (κ1) is 27.4. The molecule has 0 aliphatic carbocycles. The second kappa shape index (κ2) is 10.5. The summed E-state index contributed by atoms with van der Waals surface area (Å²) in [6, 6.07) is 7.03. The van der Waals surface area contributed by atoms with Crippen molar-refractivity contribution in [3.8, 4) is 11.6 Å². The Kier molecular flexibility index (Phi) is 7.17. The van der Waals surface area contributed by atoms with Gasteiger partial charge in [-0.25, -0.2) is 4.68 Å². The molecule has 2 aromatic heterocycles. The molecule has 2 fully saturated rings. The summed E-state index contributed by atoms with van der Waals surface area (Å²) in [5.74, 6) is -1.05. The van der Waals surface area contributed by atoms with Crippen molar-refractivity contribution in [2.75, 3.05) is 30.3 Å². The summed E-state index contributed by atoms with van der Waals surface area (Å²) in [6.45, 7) is 7.10. The van der Waals surface area contributed by atoms with Crippen LogP contribution in [0.3, 0.4) is 0 Å². The van der Waals surface area contributed by atoms with Gasteiger partial charge in [0.15, 0.2) is 0 Å². The minimum Gasteiger partial charge on any atom is -0.480 e. The third kappa shape index (κ3) is 5.60. The molecule has 2 aliphatic heterocycles. The van der Waals surface area contributed by atoms with Gasteiger partial charge < -0.3 is 25.8 Å². The molecule has 0 bridgehead atoms. The van der Waals surface area contributed by atoms with Crippen molar-refractivity contribution in [1.82, 2.24) is 25.1 Å². The highest BCUT2D eigenvalue weighted by Gasteiger charge is 2.46. The first-order valence-electron chi connectivity index (χ1n) is 12.8. The zero-order valence-electron chi connectivity index (χ0n) is 21.9. The van der Waals surface area contributed by atoms with Crippen LogP contribution in [-0.2, 0) is 4.79 Å². The van der Waals surface area contributed by atoms with Gasteiger partial charge in [0.05, 0.1) is 11.4 Å². The molecule has 0 amide bonds. The SMILES string of the molecule is C=Cc1ccc(-n2ccc(C)n2)c(C(Oc2cc(N3CCC4(CC3)CNC(C(=O)O)C4)nc(N)n2)C(F)(F)F)c1. The number of piperidine rings is 1. The molecular weight excluding hydrogens is 527 g/mol. The van der Waals surface area contributed by atoms with Gasteiger partial charge in [0.25, 0.3) is 0 Å². The fourth-order valence-electron chi connectivity index (χ4n) is 5.43. The van der Waals surface area contributed by atoms with E-state index in [0.29, 0.717) is 56.0 Å². The second-order valence-corrected chi connectivity index (χ2v) is 10.3. The Bertz CT molecular complexity index is 1420. The highest BCUT2D eigenvalue weighted by atomic mass is 19.4. The molecule has 2 unspecified atom stereocenters. The smallest absolute Gasteiger partial charge is 0.429 e. The summed E-state index contributed by atoms with van der Waals surface area (Å²) in [5, 5.41) is 16.7. The molecule has 4 heterocycles. The Morgan fingerprint density at radius 3 is 2.62 bits per heavy atom. The summed E-state index contributed by atoms with van der Waals surface area (Å²) in [4.78, 5) is 21.5. The molecule has 212 valence electrons. The van der Waals surface area contributed by atoms with Gasteiger partial charge in [0.1, 0.15) is 11.9 Å². The number of nitrogens with zero attached hydrogens (tertiary/aromatic N) is 5. The number of hydrogen-bond donors (Lipinski definition) is 3. The Morgan fingerprint density at radius 2 is 2.02 bits per heavy atom. The number of halogens is 3. The number of carboxylic acids is 1. The summed E-state index contributed by atoms with van der Waals surface area (Å²) >= 11 is 0. The van der Waals surface area contributed by atoms with Crippen LogP contribution in [0.1, 0.15) is 42.2 Å². The van der Waals surface area contributed by atoms with E-state index in [4.69, 9.17) is 10.5 Å². The average molecular weight is 558 g/mol. The number of nitrogen functional groups attached to an aromatic ring is 1. The molecule has 1 spiro atoms. The maximum absolute atomic E-state index is 14.5. The molecular formula is C27H30F3N7O3. The Morgan fingerprint density at radius 1 is 1.27 bits per heavy atom. The average Bonchev–Trinajstić information content (AvgIpc) is 3.53. The number of rotatable bonds is 7. The molecule has 5 rings (SSSR count). The number of aryl methyl sites for hydroxylation is 1. The third-order valence-corrected chi connectivity index (χ3v) is 7.59. The molecule has 0 saturated carbocycles. The number of nitrogens with one attached hydrogen (secondary N) is 1. The predicted octanol–water partition coefficient (Wildman–Crippen LogP) is 3.91. The van der Waals surface area contributed by atoms with Crippen LogP contribution in [0.15, 0.2) is 43.1 Å². The quantitative estimate of drug-likeness (QED) is 0.396. The number of aromatic nitrogens is 4. The van der Waals surface area contributed by atoms with E-state index in [-0.39, 0.29) is 28.5 Å². The van der Waals surface area contributed by atoms with Crippen molar-refractivity contribution in [3.05, 3.63) is 59.9 Å². The van der Waals surface area contributed by atoms with Gasteiger partial charge in [-0.1, -0.05) is 18.7 Å². The summed E-state index contributed by atoms with van der Waals surface area (Å²) in [5.41, 5.74) is 6.94. The number of benzene rings is 1. The van der Waals surface area contributed by atoms with Gasteiger partial charge in [0, 0.05) is 37.5 Å². The number of nitrogens with two attached hydrogens (primary N) is 1. The van der Waals surface area contributed by atoms with Crippen LogP contribution in [0.4, 0.5) is 24.9 Å². The zero-order chi connectivity index (χ0) is 28.7. The Labute approximate surface area is 228 Å². The number of carbonyl (C=O) groups is 1. The van der Waals surface area contributed by atoms with Crippen molar-refractivity contribution < 1.29 is 27.8 Å². The van der Waals surface area contributed by atoms with E-state index in [1.165, 1.54) is 29.0 Å². The van der Waals surface area contributed by atoms with E-state index in [2.05, 4.69) is 27.0 Å². The largest absolute Gasteiger partial charge is 0.480 e. The number of ether oxygens (including phenoxy) is 1. The van der Waals surface area contributed by atoms with Crippen LogP contribution in [0.25, 0.3) is 11.8 Å². The molecule has 2 aliphatic rings. The Balaban J connectivity index is 1.42. The van der Waals surface area contributed by atoms with Crippen LogP contribution in [0.5, 0.6) is 5.88 Å². The van der Waals surface area contributed by atoms with Gasteiger partial charge in [-0.2, -0.15) is 28.2 Å². The lowest BCUT2D eigenvalue weighted by Crippen LogP contribution is -2.41. The van der Waals surface area contributed by atoms with Crippen LogP contribution in [0, 0.1) is 12.3 Å². The van der Waals surface area contributed by atoms with Crippen molar-refractivity contribution in [3.63, 3.8) is 0 Å². The van der Waals surface area contributed by atoms with E-state index >= 15 is 0 Å². The number of carboxylic acid groups (broad SMARTS) is 1. The molecule has 10 nitrogen and oxygen atoms in total. The van der Waals surface area contributed by atoms with Gasteiger partial charge in [0.2, 0.25) is 17.9 Å². The molecule has 13 heteroatoms. The second-order valence-electron chi connectivity index (χ2n) is 10.3. The number of anilines is 2. The van der Waals surface area contributed by atoms with Crippen LogP contribution in [0.2, 0.25) is 0 Å². The molecule has 2 atom stereocenters. The first-order chi connectivity index (χ1) is 19.0. The summed E-state index contributed by atoms with van der Waals surface area (Å²) in [7, 11) is 0. The Hall–Kier alpha value is -4.13. The third-order valence-electron chi connectivity index (χ3n) is 7.59. The first-order valence-corrected chi connectivity index (χ1v) is 12.8. The van der Waals surface area contributed by atoms with Gasteiger partial charge in [-0.15, -0.1) is 0 Å². The highest BCUT2D eigenvalue weighted by molar-refractivity contribution is 5.74.